The van der Waals surface area contributed by atoms with Crippen LogP contribution >= 0.6 is 11.6 Å². The van der Waals surface area contributed by atoms with Gasteiger partial charge in [-0.3, -0.25) is 4.79 Å². The maximum absolute atomic E-state index is 12.4. The predicted octanol–water partition coefficient (Wildman–Crippen LogP) is 3.67. The Labute approximate surface area is 146 Å². The molecule has 5 heteroatoms. The molecular formula is C19H20ClNO3. The average Bonchev–Trinajstić information content (AvgIpc) is 2.56. The van der Waals surface area contributed by atoms with Gasteiger partial charge in [0.15, 0.2) is 0 Å². The number of rotatable bonds is 6. The predicted molar refractivity (Wildman–Crippen MR) is 94.5 cm³/mol. The van der Waals surface area contributed by atoms with Crippen LogP contribution in [0.5, 0.6) is 0 Å². The second kappa shape index (κ2) is 7.97. The Morgan fingerprint density at radius 2 is 1.79 bits per heavy atom. The first-order chi connectivity index (χ1) is 11.4. The summed E-state index contributed by atoms with van der Waals surface area (Å²) < 4.78 is 0. The molecule has 0 spiro atoms. The summed E-state index contributed by atoms with van der Waals surface area (Å²) in [5.41, 5.74) is 2.00. The van der Waals surface area contributed by atoms with Crippen LogP contribution in [0.15, 0.2) is 48.5 Å². The summed E-state index contributed by atoms with van der Waals surface area (Å²) in [6.07, 6.45) is 0.914. The van der Waals surface area contributed by atoms with Crippen molar-refractivity contribution in [2.75, 3.05) is 7.05 Å². The van der Waals surface area contributed by atoms with E-state index in [1.165, 1.54) is 12.1 Å². The van der Waals surface area contributed by atoms with Gasteiger partial charge in [-0.25, -0.2) is 4.79 Å². The van der Waals surface area contributed by atoms with Crippen LogP contribution in [-0.2, 0) is 17.6 Å². The van der Waals surface area contributed by atoms with Gasteiger partial charge in [0.25, 0.3) is 0 Å². The van der Waals surface area contributed by atoms with Crippen LogP contribution in [0.1, 0.15) is 28.4 Å². The number of carbonyl (C=O) groups is 2. The number of aromatic carboxylic acids is 1. The average molecular weight is 346 g/mol. The molecule has 2 aromatic carbocycles. The minimum atomic E-state index is -0.992. The third kappa shape index (κ3) is 4.83. The molecule has 0 heterocycles. The van der Waals surface area contributed by atoms with Crippen molar-refractivity contribution < 1.29 is 14.7 Å². The van der Waals surface area contributed by atoms with Crippen LogP contribution in [0.2, 0.25) is 5.02 Å². The first-order valence-electron chi connectivity index (χ1n) is 7.69. The summed E-state index contributed by atoms with van der Waals surface area (Å²) in [4.78, 5) is 25.1. The molecule has 0 saturated heterocycles. The van der Waals surface area contributed by atoms with E-state index in [1.807, 2.05) is 31.2 Å². The van der Waals surface area contributed by atoms with E-state index in [0.717, 1.165) is 12.0 Å². The summed E-state index contributed by atoms with van der Waals surface area (Å²) in [6, 6.07) is 14.1. The molecular weight excluding hydrogens is 326 g/mol. The molecule has 0 saturated carbocycles. The van der Waals surface area contributed by atoms with Crippen molar-refractivity contribution in [1.29, 1.82) is 0 Å². The molecule has 1 N–H and O–H groups in total. The quantitative estimate of drug-likeness (QED) is 0.869. The molecule has 24 heavy (non-hydrogen) atoms. The lowest BCUT2D eigenvalue weighted by Crippen LogP contribution is -2.37. The van der Waals surface area contributed by atoms with Gasteiger partial charge in [-0.1, -0.05) is 35.9 Å². The molecule has 0 bridgehead atoms. The maximum Gasteiger partial charge on any atom is 0.335 e. The highest BCUT2D eigenvalue weighted by atomic mass is 35.5. The number of carboxylic acids is 1. The van der Waals surface area contributed by atoms with Gasteiger partial charge in [0.1, 0.15) is 0 Å². The van der Waals surface area contributed by atoms with Crippen molar-refractivity contribution in [3.8, 4) is 0 Å². The Balaban J connectivity index is 1.99. The highest BCUT2D eigenvalue weighted by Crippen LogP contribution is 2.14. The van der Waals surface area contributed by atoms with Crippen molar-refractivity contribution >= 4 is 23.5 Å². The van der Waals surface area contributed by atoms with Crippen LogP contribution < -0.4 is 0 Å². The summed E-state index contributed by atoms with van der Waals surface area (Å²) in [6.45, 7) is 1.99. The second-order valence-corrected chi connectivity index (χ2v) is 6.30. The Kier molecular flexibility index (Phi) is 5.99. The highest BCUT2D eigenvalue weighted by Gasteiger charge is 2.17. The van der Waals surface area contributed by atoms with E-state index in [2.05, 4.69) is 0 Å². The fourth-order valence-electron chi connectivity index (χ4n) is 2.46. The summed E-state index contributed by atoms with van der Waals surface area (Å²) in [5.74, 6) is -1.03. The van der Waals surface area contributed by atoms with E-state index in [1.54, 1.807) is 24.1 Å². The molecule has 0 aromatic heterocycles. The van der Waals surface area contributed by atoms with Crippen molar-refractivity contribution in [2.24, 2.45) is 0 Å². The zero-order valence-electron chi connectivity index (χ0n) is 13.7. The van der Waals surface area contributed by atoms with E-state index in [0.29, 0.717) is 10.6 Å². The topological polar surface area (TPSA) is 57.6 Å². The van der Waals surface area contributed by atoms with E-state index < -0.39 is 5.97 Å². The standard InChI is InChI=1S/C19H20ClNO3/c1-13(10-14-6-8-17(20)9-7-14)21(2)18(22)12-15-4-3-5-16(11-15)19(23)24/h3-9,11,13H,10,12H2,1-2H3,(H,23,24). The van der Waals surface area contributed by atoms with E-state index >= 15 is 0 Å². The number of hydrogen-bond acceptors (Lipinski definition) is 2. The normalized spacial score (nSPS) is 11.8. The summed E-state index contributed by atoms with van der Waals surface area (Å²) >= 11 is 5.88. The van der Waals surface area contributed by atoms with Gasteiger partial charge in [-0.05, 0) is 48.7 Å². The molecule has 1 unspecified atom stereocenters. The number of amides is 1. The smallest absolute Gasteiger partial charge is 0.335 e. The lowest BCUT2D eigenvalue weighted by atomic mass is 10.0. The fraction of sp³-hybridized carbons (Fsp3) is 0.263. The molecule has 4 nitrogen and oxygen atoms in total. The first-order valence-corrected chi connectivity index (χ1v) is 8.07. The number of benzene rings is 2. The molecule has 0 aliphatic carbocycles. The maximum atomic E-state index is 12.4. The number of carboxylic acid groups (broad SMARTS) is 1. The lowest BCUT2D eigenvalue weighted by Gasteiger charge is -2.25. The number of carbonyl (C=O) groups excluding carboxylic acids is 1. The largest absolute Gasteiger partial charge is 0.478 e. The van der Waals surface area contributed by atoms with E-state index in [-0.39, 0.29) is 23.9 Å². The zero-order chi connectivity index (χ0) is 17.7. The summed E-state index contributed by atoms with van der Waals surface area (Å²) in [7, 11) is 1.77. The monoisotopic (exact) mass is 345 g/mol. The van der Waals surface area contributed by atoms with Crippen molar-refractivity contribution in [2.45, 2.75) is 25.8 Å². The Hall–Kier alpha value is -2.33. The van der Waals surface area contributed by atoms with Gasteiger partial charge >= 0.3 is 5.97 Å². The van der Waals surface area contributed by atoms with Crippen LogP contribution in [0.4, 0.5) is 0 Å². The van der Waals surface area contributed by atoms with Gasteiger partial charge in [-0.2, -0.15) is 0 Å². The lowest BCUT2D eigenvalue weighted by molar-refractivity contribution is -0.130. The number of hydrogen-bond donors (Lipinski definition) is 1. The van der Waals surface area contributed by atoms with Crippen molar-refractivity contribution in [3.63, 3.8) is 0 Å². The van der Waals surface area contributed by atoms with E-state index in [9.17, 15) is 9.59 Å². The van der Waals surface area contributed by atoms with Gasteiger partial charge in [0.05, 0.1) is 12.0 Å². The second-order valence-electron chi connectivity index (χ2n) is 5.87. The molecule has 126 valence electrons. The molecule has 1 atom stereocenters. The minimum Gasteiger partial charge on any atom is -0.478 e. The Bertz CT molecular complexity index is 728. The zero-order valence-corrected chi connectivity index (χ0v) is 14.5. The van der Waals surface area contributed by atoms with Crippen LogP contribution in [0.3, 0.4) is 0 Å². The third-order valence-electron chi connectivity index (χ3n) is 4.03. The van der Waals surface area contributed by atoms with Gasteiger partial charge < -0.3 is 10.0 Å². The molecule has 0 aliphatic heterocycles. The van der Waals surface area contributed by atoms with E-state index in [4.69, 9.17) is 16.7 Å². The van der Waals surface area contributed by atoms with Crippen LogP contribution in [0, 0.1) is 0 Å². The minimum absolute atomic E-state index is 0.0290. The number of likely N-dealkylation sites (N-methyl/N-ethyl adjacent to an activating group) is 1. The Morgan fingerprint density at radius 3 is 2.42 bits per heavy atom. The van der Waals surface area contributed by atoms with Crippen LogP contribution in [0.25, 0.3) is 0 Å². The third-order valence-corrected chi connectivity index (χ3v) is 4.28. The first kappa shape index (κ1) is 18.0. The number of halogens is 1. The van der Waals surface area contributed by atoms with Gasteiger partial charge in [-0.15, -0.1) is 0 Å². The summed E-state index contributed by atoms with van der Waals surface area (Å²) in [5, 5.41) is 9.71. The molecule has 2 rings (SSSR count). The Morgan fingerprint density at radius 1 is 1.12 bits per heavy atom. The highest BCUT2D eigenvalue weighted by molar-refractivity contribution is 6.30. The molecule has 0 aliphatic rings. The van der Waals surface area contributed by atoms with Crippen LogP contribution in [-0.4, -0.2) is 35.0 Å². The van der Waals surface area contributed by atoms with Gasteiger partial charge in [0.2, 0.25) is 5.91 Å². The van der Waals surface area contributed by atoms with Crippen molar-refractivity contribution in [1.82, 2.24) is 4.90 Å². The molecule has 0 fully saturated rings. The molecule has 2 aromatic rings. The fourth-order valence-corrected chi connectivity index (χ4v) is 2.58. The molecule has 1 amide bonds. The SMILES string of the molecule is CC(Cc1ccc(Cl)cc1)N(C)C(=O)Cc1cccc(C(=O)O)c1. The van der Waals surface area contributed by atoms with Gasteiger partial charge in [0, 0.05) is 18.1 Å². The molecule has 0 radical (unpaired) electrons. The number of nitrogens with zero attached hydrogens (tertiary/aromatic N) is 1. The van der Waals surface area contributed by atoms with Crippen molar-refractivity contribution in [3.05, 3.63) is 70.2 Å².